The highest BCUT2D eigenvalue weighted by molar-refractivity contribution is 5.76. The summed E-state index contributed by atoms with van der Waals surface area (Å²) in [5, 5.41) is 0. The highest BCUT2D eigenvalue weighted by Gasteiger charge is 2.20. The monoisotopic (exact) mass is 339 g/mol. The van der Waals surface area contributed by atoms with Crippen LogP contribution >= 0.6 is 0 Å². The van der Waals surface area contributed by atoms with Gasteiger partial charge in [0.05, 0.1) is 0 Å². The lowest BCUT2D eigenvalue weighted by molar-refractivity contribution is -0.131. The molecule has 1 aliphatic rings. The summed E-state index contributed by atoms with van der Waals surface area (Å²) >= 11 is 0. The van der Waals surface area contributed by atoms with Gasteiger partial charge in [0.25, 0.3) is 0 Å². The highest BCUT2D eigenvalue weighted by atomic mass is 16.2. The van der Waals surface area contributed by atoms with E-state index in [0.29, 0.717) is 6.42 Å². The fraction of sp³-hybridized carbons (Fsp3) is 0.429. The topological polar surface area (TPSA) is 35.9 Å². The molecule has 0 bridgehead atoms. The normalized spacial score (nSPS) is 15.7. The third kappa shape index (κ3) is 5.89. The van der Waals surface area contributed by atoms with Gasteiger partial charge in [0.1, 0.15) is 0 Å². The molecule has 1 fully saturated rings. The summed E-state index contributed by atoms with van der Waals surface area (Å²) in [7, 11) is 0. The van der Waals surface area contributed by atoms with Gasteiger partial charge in [-0.15, -0.1) is 0 Å². The van der Waals surface area contributed by atoms with Crippen LogP contribution in [0.25, 0.3) is 0 Å². The van der Waals surface area contributed by atoms with E-state index in [1.165, 1.54) is 16.8 Å². The number of hydrogen-bond donors (Lipinski definition) is 0. The van der Waals surface area contributed by atoms with E-state index in [2.05, 4.69) is 53.9 Å². The van der Waals surface area contributed by atoms with Crippen molar-refractivity contribution in [1.29, 1.82) is 0 Å². The Labute approximate surface area is 151 Å². The summed E-state index contributed by atoms with van der Waals surface area (Å²) in [6, 6.07) is 8.61. The molecule has 0 atom stereocenters. The van der Waals surface area contributed by atoms with E-state index in [4.69, 9.17) is 0 Å². The smallest absolute Gasteiger partial charge is 0.222 e. The van der Waals surface area contributed by atoms with Gasteiger partial charge >= 0.3 is 0 Å². The van der Waals surface area contributed by atoms with E-state index < -0.39 is 0 Å². The molecule has 0 aliphatic carbocycles. The van der Waals surface area contributed by atoms with E-state index in [9.17, 15) is 4.79 Å². The third-order valence-electron chi connectivity index (χ3n) is 4.65. The van der Waals surface area contributed by atoms with Gasteiger partial charge in [-0.1, -0.05) is 29.3 Å². The summed E-state index contributed by atoms with van der Waals surface area (Å²) in [5.41, 5.74) is 3.72. The molecule has 0 radical (unpaired) electrons. The van der Waals surface area contributed by atoms with Crippen LogP contribution in [0.3, 0.4) is 0 Å². The third-order valence-corrected chi connectivity index (χ3v) is 4.65. The van der Waals surface area contributed by atoms with Crippen LogP contribution < -0.4 is 4.90 Å². The minimum atomic E-state index is 0.268. The Hall–Kier alpha value is -2.36. The van der Waals surface area contributed by atoms with Crippen LogP contribution in [-0.4, -0.2) is 43.7 Å². The number of rotatable bonds is 7. The van der Waals surface area contributed by atoms with Crippen molar-refractivity contribution < 1.29 is 4.79 Å². The van der Waals surface area contributed by atoms with Gasteiger partial charge in [-0.05, 0) is 51.6 Å². The number of nitrogens with zero attached hydrogens (tertiary/aromatic N) is 3. The Morgan fingerprint density at radius 3 is 2.44 bits per heavy atom. The van der Waals surface area contributed by atoms with E-state index >= 15 is 0 Å². The van der Waals surface area contributed by atoms with Crippen molar-refractivity contribution in [2.45, 2.75) is 33.1 Å². The average molecular weight is 339 g/mol. The molecule has 134 valence electrons. The number of aliphatic imine (C=N–C) groups is 1. The molecule has 0 saturated carbocycles. The summed E-state index contributed by atoms with van der Waals surface area (Å²) in [6.45, 7) is 11.0. The number of hydrogen-bond acceptors (Lipinski definition) is 3. The molecule has 4 nitrogen and oxygen atoms in total. The zero-order valence-electron chi connectivity index (χ0n) is 15.4. The van der Waals surface area contributed by atoms with Gasteiger partial charge in [-0.3, -0.25) is 9.79 Å². The van der Waals surface area contributed by atoms with E-state index in [1.807, 2.05) is 17.9 Å². The Morgan fingerprint density at radius 2 is 1.84 bits per heavy atom. The summed E-state index contributed by atoms with van der Waals surface area (Å²) < 4.78 is 0. The predicted molar refractivity (Wildman–Crippen MR) is 106 cm³/mol. The van der Waals surface area contributed by atoms with Crippen LogP contribution in [0, 0.1) is 6.92 Å². The minimum Gasteiger partial charge on any atom is -0.368 e. The van der Waals surface area contributed by atoms with Gasteiger partial charge < -0.3 is 9.80 Å². The molecule has 2 rings (SSSR count). The maximum Gasteiger partial charge on any atom is 0.222 e. The maximum absolute atomic E-state index is 12.4. The number of piperazine rings is 1. The van der Waals surface area contributed by atoms with Gasteiger partial charge in [0.2, 0.25) is 5.91 Å². The van der Waals surface area contributed by atoms with E-state index in [0.717, 1.165) is 39.0 Å². The Kier molecular flexibility index (Phi) is 7.45. The highest BCUT2D eigenvalue weighted by Crippen LogP contribution is 2.18. The molecule has 0 aromatic heterocycles. The van der Waals surface area contributed by atoms with Crippen LogP contribution in [0.15, 0.2) is 53.2 Å². The van der Waals surface area contributed by atoms with E-state index in [1.54, 1.807) is 6.20 Å². The average Bonchev–Trinajstić information content (AvgIpc) is 2.65. The number of benzene rings is 1. The van der Waals surface area contributed by atoms with Crippen LogP contribution in [0.1, 0.15) is 31.7 Å². The summed E-state index contributed by atoms with van der Waals surface area (Å²) in [6.07, 6.45) is 8.10. The summed E-state index contributed by atoms with van der Waals surface area (Å²) in [5.74, 6) is 0.268. The maximum atomic E-state index is 12.4. The number of carbonyl (C=O) groups excluding carboxylic acids is 1. The number of allylic oxidation sites excluding steroid dienone is 3. The lowest BCUT2D eigenvalue weighted by Gasteiger charge is -2.36. The molecule has 1 heterocycles. The van der Waals surface area contributed by atoms with Crippen molar-refractivity contribution in [3.63, 3.8) is 0 Å². The zero-order chi connectivity index (χ0) is 18.1. The molecule has 1 aromatic rings. The fourth-order valence-corrected chi connectivity index (χ4v) is 3.04. The first-order valence-corrected chi connectivity index (χ1v) is 9.01. The first-order chi connectivity index (χ1) is 12.1. The van der Waals surface area contributed by atoms with E-state index in [-0.39, 0.29) is 5.91 Å². The van der Waals surface area contributed by atoms with Crippen molar-refractivity contribution >= 4 is 18.3 Å². The zero-order valence-corrected chi connectivity index (χ0v) is 15.4. The standard InChI is InChI=1S/C21H29N3O/c1-4-19(12-13-22-3)6-5-7-21(25)24-16-14-23(15-17-24)20-10-8-18(2)9-11-20/h4,8-13H,3,5-7,14-17H2,1-2H3/b13-12-,19-4-. The van der Waals surface area contributed by atoms with Crippen LogP contribution in [-0.2, 0) is 4.79 Å². The molecule has 1 aliphatic heterocycles. The van der Waals surface area contributed by atoms with Gasteiger partial charge in [0, 0.05) is 44.5 Å². The number of anilines is 1. The molecule has 1 aromatic carbocycles. The first-order valence-electron chi connectivity index (χ1n) is 9.01. The molecule has 0 spiro atoms. The molecule has 4 heteroatoms. The van der Waals surface area contributed by atoms with Gasteiger partial charge in [-0.2, -0.15) is 0 Å². The number of amides is 1. The Balaban J connectivity index is 1.74. The molecule has 0 N–H and O–H groups in total. The molecular formula is C21H29N3O. The Morgan fingerprint density at radius 1 is 1.16 bits per heavy atom. The SMILES string of the molecule is C=N/C=C\C(=C/C)CCCC(=O)N1CCN(c2ccc(C)cc2)CC1. The molecule has 1 amide bonds. The Bertz CT molecular complexity index is 623. The van der Waals surface area contributed by atoms with Crippen molar-refractivity contribution in [1.82, 2.24) is 4.90 Å². The van der Waals surface area contributed by atoms with Crippen LogP contribution in [0.2, 0.25) is 0 Å². The van der Waals surface area contributed by atoms with Crippen LogP contribution in [0.4, 0.5) is 5.69 Å². The van der Waals surface area contributed by atoms with Crippen molar-refractivity contribution in [2.24, 2.45) is 4.99 Å². The van der Waals surface area contributed by atoms with Crippen LogP contribution in [0.5, 0.6) is 0 Å². The first kappa shape index (κ1) is 19.0. The lowest BCUT2D eigenvalue weighted by Crippen LogP contribution is -2.48. The van der Waals surface area contributed by atoms with Gasteiger partial charge in [-0.25, -0.2) is 0 Å². The molecular weight excluding hydrogens is 310 g/mol. The second-order valence-electron chi connectivity index (χ2n) is 6.42. The minimum absolute atomic E-state index is 0.268. The lowest BCUT2D eigenvalue weighted by atomic mass is 10.1. The van der Waals surface area contributed by atoms with Gasteiger partial charge in [0.15, 0.2) is 0 Å². The summed E-state index contributed by atoms with van der Waals surface area (Å²) in [4.78, 5) is 20.5. The predicted octanol–water partition coefficient (Wildman–Crippen LogP) is 3.97. The quantitative estimate of drug-likeness (QED) is 0.556. The largest absolute Gasteiger partial charge is 0.368 e. The second kappa shape index (κ2) is 9.82. The molecule has 0 unspecified atom stereocenters. The second-order valence-corrected chi connectivity index (χ2v) is 6.42. The van der Waals surface area contributed by atoms with Crippen molar-refractivity contribution in [2.75, 3.05) is 31.1 Å². The van der Waals surface area contributed by atoms with Crippen molar-refractivity contribution in [3.8, 4) is 0 Å². The fourth-order valence-electron chi connectivity index (χ4n) is 3.04. The number of carbonyl (C=O) groups is 1. The van der Waals surface area contributed by atoms with Crippen molar-refractivity contribution in [3.05, 3.63) is 53.8 Å². The molecule has 25 heavy (non-hydrogen) atoms. The number of aryl methyl sites for hydroxylation is 1. The molecule has 1 saturated heterocycles.